The highest BCUT2D eigenvalue weighted by Crippen LogP contribution is 2.45. The van der Waals surface area contributed by atoms with Gasteiger partial charge in [0.25, 0.3) is 0 Å². The Hall–Kier alpha value is -1.83. The first-order valence-electron chi connectivity index (χ1n) is 10.4. The van der Waals surface area contributed by atoms with Crippen molar-refractivity contribution in [2.75, 3.05) is 24.5 Å². The van der Waals surface area contributed by atoms with Crippen molar-refractivity contribution in [1.82, 2.24) is 15.5 Å². The number of carbonyl (C=O) groups is 2. The fourth-order valence-corrected chi connectivity index (χ4v) is 4.98. The van der Waals surface area contributed by atoms with Gasteiger partial charge in [0.05, 0.1) is 0 Å². The van der Waals surface area contributed by atoms with Crippen LogP contribution in [0.4, 0.5) is 5.69 Å². The number of carbonyl (C=O) groups excluding carboxylic acids is 2. The van der Waals surface area contributed by atoms with Crippen molar-refractivity contribution in [1.29, 1.82) is 0 Å². The molecule has 0 spiro atoms. The maximum atomic E-state index is 13.2. The maximum Gasteiger partial charge on any atom is 0.243 e. The Morgan fingerprint density at radius 1 is 1.31 bits per heavy atom. The number of nitrogens with one attached hydrogen (secondary N) is 2. The lowest BCUT2D eigenvalue weighted by molar-refractivity contribution is -0.137. The molecule has 0 aromatic heterocycles. The second-order valence-corrected chi connectivity index (χ2v) is 9.11. The lowest BCUT2D eigenvalue weighted by Gasteiger charge is -2.42. The Morgan fingerprint density at radius 3 is 2.55 bits per heavy atom. The van der Waals surface area contributed by atoms with E-state index in [-0.39, 0.29) is 29.7 Å². The fraction of sp³-hybridized carbons (Fsp3) is 0.619. The van der Waals surface area contributed by atoms with E-state index in [1.807, 2.05) is 36.1 Å². The molecule has 1 aromatic carbocycles. The molecule has 1 saturated carbocycles. The average Bonchev–Trinajstić information content (AvgIpc) is 3.49. The summed E-state index contributed by atoms with van der Waals surface area (Å²) in [7, 11) is 0. The monoisotopic (exact) mass is 420 g/mol. The number of aliphatic hydroxyl groups is 1. The van der Waals surface area contributed by atoms with Crippen LogP contribution < -0.4 is 15.5 Å². The van der Waals surface area contributed by atoms with Gasteiger partial charge in [-0.15, -0.1) is 0 Å². The van der Waals surface area contributed by atoms with E-state index < -0.39 is 11.9 Å². The van der Waals surface area contributed by atoms with Gasteiger partial charge in [-0.3, -0.25) is 14.9 Å². The van der Waals surface area contributed by atoms with Crippen LogP contribution in [0.15, 0.2) is 24.3 Å². The van der Waals surface area contributed by atoms with Crippen LogP contribution in [-0.4, -0.2) is 59.4 Å². The van der Waals surface area contributed by atoms with Gasteiger partial charge in [-0.2, -0.15) is 0 Å². The van der Waals surface area contributed by atoms with Crippen LogP contribution in [0.25, 0.3) is 0 Å². The summed E-state index contributed by atoms with van der Waals surface area (Å²) in [5.74, 6) is -0.222. The average molecular weight is 421 g/mol. The van der Waals surface area contributed by atoms with Crippen LogP contribution in [0, 0.1) is 11.8 Å². The van der Waals surface area contributed by atoms with E-state index in [0.717, 1.165) is 25.1 Å². The van der Waals surface area contributed by atoms with E-state index in [9.17, 15) is 14.7 Å². The molecule has 158 valence electrons. The maximum absolute atomic E-state index is 13.2. The Balaban J connectivity index is 1.40. The highest BCUT2D eigenvalue weighted by atomic mass is 35.5. The molecule has 0 bridgehead atoms. The topological polar surface area (TPSA) is 84.9 Å². The van der Waals surface area contributed by atoms with Gasteiger partial charge in [0.1, 0.15) is 5.54 Å². The van der Waals surface area contributed by atoms with E-state index in [0.29, 0.717) is 24.5 Å². The highest BCUT2D eigenvalue weighted by Gasteiger charge is 2.56. The molecule has 29 heavy (non-hydrogen) atoms. The molecule has 3 unspecified atom stereocenters. The van der Waals surface area contributed by atoms with Gasteiger partial charge in [0, 0.05) is 42.3 Å². The predicted molar refractivity (Wildman–Crippen MR) is 111 cm³/mol. The first-order valence-corrected chi connectivity index (χ1v) is 10.8. The molecule has 8 heteroatoms. The van der Waals surface area contributed by atoms with E-state index in [4.69, 9.17) is 11.6 Å². The molecule has 4 rings (SSSR count). The zero-order valence-electron chi connectivity index (χ0n) is 16.9. The number of hydrogen-bond donors (Lipinski definition) is 3. The van der Waals surface area contributed by atoms with Crippen LogP contribution in [0.1, 0.15) is 33.1 Å². The van der Waals surface area contributed by atoms with Gasteiger partial charge in [0.2, 0.25) is 11.8 Å². The molecule has 2 saturated heterocycles. The molecule has 7 nitrogen and oxygen atoms in total. The van der Waals surface area contributed by atoms with E-state index >= 15 is 0 Å². The van der Waals surface area contributed by atoms with Gasteiger partial charge in [-0.1, -0.05) is 18.5 Å². The third kappa shape index (κ3) is 3.96. The van der Waals surface area contributed by atoms with E-state index in [1.165, 1.54) is 0 Å². The summed E-state index contributed by atoms with van der Waals surface area (Å²) in [6.45, 7) is 6.06. The number of halogens is 1. The third-order valence-electron chi connectivity index (χ3n) is 6.49. The van der Waals surface area contributed by atoms with Crippen molar-refractivity contribution in [3.05, 3.63) is 29.3 Å². The molecular weight excluding hydrogens is 392 g/mol. The van der Waals surface area contributed by atoms with Crippen LogP contribution in [0.2, 0.25) is 5.02 Å². The zero-order chi connectivity index (χ0) is 20.8. The Morgan fingerprint density at radius 2 is 2.00 bits per heavy atom. The molecule has 0 radical (unpaired) electrons. The molecule has 1 aliphatic carbocycles. The number of aliphatic hydroxyl groups excluding tert-OH is 1. The van der Waals surface area contributed by atoms with Crippen molar-refractivity contribution in [2.24, 2.45) is 11.8 Å². The van der Waals surface area contributed by atoms with Crippen LogP contribution in [0.5, 0.6) is 0 Å². The number of piperazine rings is 1. The summed E-state index contributed by atoms with van der Waals surface area (Å²) in [4.78, 5) is 29.9. The van der Waals surface area contributed by atoms with Gasteiger partial charge >= 0.3 is 0 Å². The molecular formula is C21H29ClN4O3. The van der Waals surface area contributed by atoms with Gasteiger partial charge in [-0.05, 0) is 56.4 Å². The molecule has 4 atom stereocenters. The normalized spacial score (nSPS) is 31.0. The van der Waals surface area contributed by atoms with E-state index in [1.54, 1.807) is 0 Å². The van der Waals surface area contributed by atoms with E-state index in [2.05, 4.69) is 22.5 Å². The van der Waals surface area contributed by atoms with Crippen LogP contribution >= 0.6 is 11.6 Å². The van der Waals surface area contributed by atoms with Crippen molar-refractivity contribution in [3.8, 4) is 0 Å². The number of hydrogen-bond acceptors (Lipinski definition) is 5. The molecule has 1 aromatic rings. The number of amides is 2. The smallest absolute Gasteiger partial charge is 0.243 e. The van der Waals surface area contributed by atoms with Gasteiger partial charge in [-0.25, -0.2) is 0 Å². The minimum Gasteiger partial charge on any atom is -0.365 e. The summed E-state index contributed by atoms with van der Waals surface area (Å²) in [6, 6.07) is 7.97. The summed E-state index contributed by atoms with van der Waals surface area (Å²) < 4.78 is 0. The number of nitrogens with zero attached hydrogens (tertiary/aromatic N) is 2. The molecule has 2 aliphatic heterocycles. The van der Waals surface area contributed by atoms with Crippen molar-refractivity contribution in [2.45, 2.75) is 51.0 Å². The minimum absolute atomic E-state index is 0.0728. The standard InChI is InChI=1S/C21H29ClN4O3/c1-13(11-21(15-3-4-15)19(28)23-20(29)24-21)18(27)25-9-10-26(14(2)12-25)17-7-5-16(22)6-8-17/h5-8,13-15,20,24,29H,3-4,9-12H2,1-2H3,(H,23,28)/t13?,14-,20?,21?/m0/s1. The summed E-state index contributed by atoms with van der Waals surface area (Å²) in [6.07, 6.45) is 1.27. The van der Waals surface area contributed by atoms with Gasteiger partial charge in [0.15, 0.2) is 6.35 Å². The summed E-state index contributed by atoms with van der Waals surface area (Å²) in [5, 5.41) is 16.1. The molecule has 3 N–H and O–H groups in total. The number of benzene rings is 1. The Labute approximate surface area is 176 Å². The quantitative estimate of drug-likeness (QED) is 0.673. The van der Waals surface area contributed by atoms with Crippen molar-refractivity contribution in [3.63, 3.8) is 0 Å². The molecule has 2 amide bonds. The lowest BCUT2D eigenvalue weighted by Crippen LogP contribution is -2.56. The van der Waals surface area contributed by atoms with Gasteiger partial charge < -0.3 is 20.2 Å². The molecule has 2 heterocycles. The van der Waals surface area contributed by atoms with Crippen molar-refractivity contribution >= 4 is 29.1 Å². The first kappa shape index (κ1) is 20.4. The fourth-order valence-electron chi connectivity index (χ4n) is 4.85. The summed E-state index contributed by atoms with van der Waals surface area (Å²) >= 11 is 5.99. The first-order chi connectivity index (χ1) is 13.8. The highest BCUT2D eigenvalue weighted by molar-refractivity contribution is 6.30. The molecule has 3 fully saturated rings. The Kier molecular flexibility index (Phi) is 5.48. The number of rotatable bonds is 5. The second-order valence-electron chi connectivity index (χ2n) is 8.67. The predicted octanol–water partition coefficient (Wildman–Crippen LogP) is 1.55. The Bertz CT molecular complexity index is 785. The lowest BCUT2D eigenvalue weighted by atomic mass is 9.83. The van der Waals surface area contributed by atoms with Crippen molar-refractivity contribution < 1.29 is 14.7 Å². The number of anilines is 1. The molecule has 3 aliphatic rings. The SMILES string of the molecule is CC(CC1(C2CC2)NC(O)NC1=O)C(=O)N1CCN(c2ccc(Cl)cc2)[C@@H](C)C1. The summed E-state index contributed by atoms with van der Waals surface area (Å²) in [5.41, 5.74) is 0.279. The minimum atomic E-state index is -1.03. The second kappa shape index (κ2) is 7.78. The van der Waals surface area contributed by atoms with Crippen LogP contribution in [-0.2, 0) is 9.59 Å². The third-order valence-corrected chi connectivity index (χ3v) is 6.74. The largest absolute Gasteiger partial charge is 0.365 e. The zero-order valence-corrected chi connectivity index (χ0v) is 17.7. The van der Waals surface area contributed by atoms with Crippen LogP contribution in [0.3, 0.4) is 0 Å².